The molecule has 2 saturated heterocycles. The third kappa shape index (κ3) is 3.17. The van der Waals surface area contributed by atoms with Crippen LogP contribution in [0.15, 0.2) is 0 Å². The van der Waals surface area contributed by atoms with E-state index >= 15 is 0 Å². The standard InChI is InChI=1S/C15H30N2O3/c1-4-14(2,18-3)13(17-16)12-5-8-20-15(11-12)6-9-19-10-7-15/h12-13,17H,4-11,16H2,1-3H3. The largest absolute Gasteiger partial charge is 0.381 e. The molecule has 3 unspecified atom stereocenters. The number of nitrogens with two attached hydrogens (primary N) is 1. The Morgan fingerprint density at radius 3 is 2.65 bits per heavy atom. The normalized spacial score (nSPS) is 30.9. The number of hydrazine groups is 1. The lowest BCUT2D eigenvalue weighted by atomic mass is 9.73. The Hall–Kier alpha value is -0.200. The lowest BCUT2D eigenvalue weighted by Gasteiger charge is -2.48. The molecular weight excluding hydrogens is 256 g/mol. The topological polar surface area (TPSA) is 65.7 Å². The second kappa shape index (κ2) is 6.71. The lowest BCUT2D eigenvalue weighted by molar-refractivity contribution is -0.160. The minimum absolute atomic E-state index is 0.00133. The molecule has 0 amide bonds. The van der Waals surface area contributed by atoms with Crippen LogP contribution >= 0.6 is 0 Å². The van der Waals surface area contributed by atoms with Crippen molar-refractivity contribution < 1.29 is 14.2 Å². The summed E-state index contributed by atoms with van der Waals surface area (Å²) in [6.07, 6.45) is 5.01. The third-order valence-electron chi connectivity index (χ3n) is 5.41. The summed E-state index contributed by atoms with van der Waals surface area (Å²) >= 11 is 0. The van der Waals surface area contributed by atoms with Crippen LogP contribution in [0, 0.1) is 5.92 Å². The van der Waals surface area contributed by atoms with E-state index in [-0.39, 0.29) is 17.2 Å². The number of ether oxygens (including phenoxy) is 3. The second-order valence-electron chi connectivity index (χ2n) is 6.41. The molecular formula is C15H30N2O3. The van der Waals surface area contributed by atoms with Gasteiger partial charge in [-0.3, -0.25) is 11.3 Å². The highest BCUT2D eigenvalue weighted by atomic mass is 16.5. The first kappa shape index (κ1) is 16.2. The summed E-state index contributed by atoms with van der Waals surface area (Å²) in [5, 5.41) is 0. The Morgan fingerprint density at radius 2 is 2.10 bits per heavy atom. The molecule has 2 heterocycles. The Labute approximate surface area is 122 Å². The molecule has 2 fully saturated rings. The fourth-order valence-corrected chi connectivity index (χ4v) is 3.74. The van der Waals surface area contributed by atoms with Crippen molar-refractivity contribution in [2.24, 2.45) is 11.8 Å². The van der Waals surface area contributed by atoms with E-state index < -0.39 is 0 Å². The van der Waals surface area contributed by atoms with Gasteiger partial charge in [0.25, 0.3) is 0 Å². The smallest absolute Gasteiger partial charge is 0.0816 e. The minimum Gasteiger partial charge on any atom is -0.381 e. The van der Waals surface area contributed by atoms with Gasteiger partial charge >= 0.3 is 0 Å². The van der Waals surface area contributed by atoms with Gasteiger partial charge in [0.15, 0.2) is 0 Å². The van der Waals surface area contributed by atoms with Gasteiger partial charge in [0.05, 0.1) is 17.2 Å². The highest BCUT2D eigenvalue weighted by Gasteiger charge is 2.45. The number of rotatable bonds is 5. The van der Waals surface area contributed by atoms with Gasteiger partial charge in [-0.05, 0) is 44.9 Å². The van der Waals surface area contributed by atoms with Crippen molar-refractivity contribution in [3.63, 3.8) is 0 Å². The zero-order chi connectivity index (χ0) is 14.6. The molecule has 2 aliphatic heterocycles. The molecule has 118 valence electrons. The van der Waals surface area contributed by atoms with Crippen LogP contribution in [-0.4, -0.2) is 44.2 Å². The molecule has 0 aromatic carbocycles. The summed E-state index contributed by atoms with van der Waals surface area (Å²) in [5.41, 5.74) is 2.79. The van der Waals surface area contributed by atoms with Crippen LogP contribution < -0.4 is 11.3 Å². The molecule has 3 N–H and O–H groups in total. The van der Waals surface area contributed by atoms with E-state index in [9.17, 15) is 0 Å². The Balaban J connectivity index is 2.09. The molecule has 2 rings (SSSR count). The first-order chi connectivity index (χ1) is 9.59. The SMILES string of the molecule is CCC(C)(OC)C(NN)C1CCOC2(CCOCC2)C1. The summed E-state index contributed by atoms with van der Waals surface area (Å²) in [7, 11) is 1.78. The molecule has 0 aliphatic carbocycles. The molecule has 2 aliphatic rings. The minimum atomic E-state index is -0.233. The average Bonchev–Trinajstić information content (AvgIpc) is 2.48. The molecule has 0 saturated carbocycles. The molecule has 20 heavy (non-hydrogen) atoms. The van der Waals surface area contributed by atoms with Crippen molar-refractivity contribution in [3.8, 4) is 0 Å². The first-order valence-corrected chi connectivity index (χ1v) is 7.82. The van der Waals surface area contributed by atoms with Crippen molar-refractivity contribution in [2.75, 3.05) is 26.9 Å². The summed E-state index contributed by atoms with van der Waals surface area (Å²) in [6, 6.07) is 0.154. The Bertz CT molecular complexity index is 296. The third-order valence-corrected chi connectivity index (χ3v) is 5.41. The molecule has 0 aromatic rings. The van der Waals surface area contributed by atoms with E-state index in [4.69, 9.17) is 20.1 Å². The van der Waals surface area contributed by atoms with Gasteiger partial charge in [0.1, 0.15) is 0 Å². The molecule has 0 radical (unpaired) electrons. The maximum Gasteiger partial charge on any atom is 0.0816 e. The molecule has 3 atom stereocenters. The van der Waals surface area contributed by atoms with Crippen LogP contribution in [0.3, 0.4) is 0 Å². The van der Waals surface area contributed by atoms with Crippen LogP contribution in [0.1, 0.15) is 46.0 Å². The molecule has 1 spiro atoms. The number of hydrogen-bond acceptors (Lipinski definition) is 5. The van der Waals surface area contributed by atoms with Crippen molar-refractivity contribution >= 4 is 0 Å². The van der Waals surface area contributed by atoms with Crippen LogP contribution in [0.25, 0.3) is 0 Å². The zero-order valence-electron chi connectivity index (χ0n) is 13.1. The molecule has 0 aromatic heterocycles. The quantitative estimate of drug-likeness (QED) is 0.594. The van der Waals surface area contributed by atoms with Gasteiger partial charge in [0.2, 0.25) is 0 Å². The van der Waals surface area contributed by atoms with Crippen molar-refractivity contribution in [2.45, 2.75) is 63.2 Å². The van der Waals surface area contributed by atoms with Crippen molar-refractivity contribution in [1.29, 1.82) is 0 Å². The van der Waals surface area contributed by atoms with E-state index in [1.165, 1.54) is 0 Å². The van der Waals surface area contributed by atoms with Crippen LogP contribution in [0.4, 0.5) is 0 Å². The summed E-state index contributed by atoms with van der Waals surface area (Å²) in [5.74, 6) is 6.35. The maximum absolute atomic E-state index is 6.12. The number of nitrogens with one attached hydrogen (secondary N) is 1. The van der Waals surface area contributed by atoms with E-state index in [0.29, 0.717) is 5.92 Å². The highest BCUT2D eigenvalue weighted by molar-refractivity contribution is 4.98. The maximum atomic E-state index is 6.12. The van der Waals surface area contributed by atoms with Crippen molar-refractivity contribution in [3.05, 3.63) is 0 Å². The fourth-order valence-electron chi connectivity index (χ4n) is 3.74. The van der Waals surface area contributed by atoms with Gasteiger partial charge in [-0.25, -0.2) is 0 Å². The second-order valence-corrected chi connectivity index (χ2v) is 6.41. The first-order valence-electron chi connectivity index (χ1n) is 7.82. The van der Waals surface area contributed by atoms with Gasteiger partial charge in [-0.2, -0.15) is 0 Å². The van der Waals surface area contributed by atoms with Gasteiger partial charge in [-0.1, -0.05) is 6.92 Å². The molecule has 5 heteroatoms. The Kier molecular flexibility index (Phi) is 5.42. The summed E-state index contributed by atoms with van der Waals surface area (Å²) in [6.45, 7) is 6.72. The van der Waals surface area contributed by atoms with Crippen LogP contribution in [0.2, 0.25) is 0 Å². The monoisotopic (exact) mass is 286 g/mol. The predicted octanol–water partition coefficient (Wildman–Crippen LogP) is 1.61. The zero-order valence-corrected chi connectivity index (χ0v) is 13.1. The molecule has 5 nitrogen and oxygen atoms in total. The van der Waals surface area contributed by atoms with Crippen LogP contribution in [-0.2, 0) is 14.2 Å². The predicted molar refractivity (Wildman–Crippen MR) is 78.3 cm³/mol. The van der Waals surface area contributed by atoms with Gasteiger partial charge in [0, 0.05) is 26.9 Å². The van der Waals surface area contributed by atoms with E-state index in [1.54, 1.807) is 7.11 Å². The van der Waals surface area contributed by atoms with Crippen LogP contribution in [0.5, 0.6) is 0 Å². The average molecular weight is 286 g/mol. The fraction of sp³-hybridized carbons (Fsp3) is 1.00. The van der Waals surface area contributed by atoms with Gasteiger partial charge < -0.3 is 14.2 Å². The van der Waals surface area contributed by atoms with E-state index in [0.717, 1.165) is 51.9 Å². The van der Waals surface area contributed by atoms with Gasteiger partial charge in [-0.15, -0.1) is 0 Å². The van der Waals surface area contributed by atoms with E-state index in [2.05, 4.69) is 19.3 Å². The summed E-state index contributed by atoms with van der Waals surface area (Å²) in [4.78, 5) is 0. The van der Waals surface area contributed by atoms with Crippen molar-refractivity contribution in [1.82, 2.24) is 5.43 Å². The molecule has 0 bridgehead atoms. The number of methoxy groups -OCH3 is 1. The number of hydrogen-bond donors (Lipinski definition) is 2. The highest BCUT2D eigenvalue weighted by Crippen LogP contribution is 2.40. The Morgan fingerprint density at radius 1 is 1.40 bits per heavy atom. The lowest BCUT2D eigenvalue weighted by Crippen LogP contribution is -2.59. The summed E-state index contributed by atoms with van der Waals surface area (Å²) < 4.78 is 17.4. The van der Waals surface area contributed by atoms with E-state index in [1.807, 2.05) is 0 Å².